The van der Waals surface area contributed by atoms with E-state index >= 15 is 0 Å². The van der Waals surface area contributed by atoms with E-state index < -0.39 is 6.10 Å². The zero-order chi connectivity index (χ0) is 17.6. The van der Waals surface area contributed by atoms with Crippen molar-refractivity contribution in [3.05, 3.63) is 70.5 Å². The van der Waals surface area contributed by atoms with Crippen molar-refractivity contribution in [2.24, 2.45) is 0 Å². The fourth-order valence-electron chi connectivity index (χ4n) is 3.28. The van der Waals surface area contributed by atoms with E-state index in [0.29, 0.717) is 13.0 Å². The fraction of sp³-hybridized carbons (Fsp3) is 0.400. The lowest BCUT2D eigenvalue weighted by atomic mass is 10.1. The van der Waals surface area contributed by atoms with Crippen molar-refractivity contribution >= 4 is 11.6 Å². The quantitative estimate of drug-likeness (QED) is 0.854. The van der Waals surface area contributed by atoms with Gasteiger partial charge in [-0.1, -0.05) is 35.9 Å². The molecule has 0 aromatic heterocycles. The number of piperazine rings is 1. The Morgan fingerprint density at radius 2 is 1.64 bits per heavy atom. The van der Waals surface area contributed by atoms with Crippen LogP contribution in [0, 0.1) is 5.82 Å². The van der Waals surface area contributed by atoms with Crippen LogP contribution in [0.2, 0.25) is 5.02 Å². The van der Waals surface area contributed by atoms with Crippen LogP contribution < -0.4 is 0 Å². The van der Waals surface area contributed by atoms with E-state index in [2.05, 4.69) is 15.9 Å². The first kappa shape index (κ1) is 18.3. The van der Waals surface area contributed by atoms with Gasteiger partial charge in [0.2, 0.25) is 0 Å². The summed E-state index contributed by atoms with van der Waals surface area (Å²) < 4.78 is 12.9. The number of aliphatic hydroxyl groups excluding tert-OH is 1. The Morgan fingerprint density at radius 3 is 2.32 bits per heavy atom. The molecular formula is C20H24ClFN2O. The van der Waals surface area contributed by atoms with Crippen LogP contribution >= 0.6 is 11.6 Å². The van der Waals surface area contributed by atoms with Crippen molar-refractivity contribution in [1.82, 2.24) is 9.80 Å². The number of rotatable bonds is 6. The molecule has 2 aromatic carbocycles. The molecule has 1 N–H and O–H groups in total. The van der Waals surface area contributed by atoms with Crippen LogP contribution in [-0.4, -0.2) is 53.7 Å². The molecule has 1 atom stereocenters. The first-order chi connectivity index (χ1) is 12.1. The van der Waals surface area contributed by atoms with Gasteiger partial charge in [-0.3, -0.25) is 9.80 Å². The Bertz CT molecular complexity index is 672. The molecule has 1 saturated heterocycles. The molecule has 1 heterocycles. The van der Waals surface area contributed by atoms with Crippen LogP contribution in [0.3, 0.4) is 0 Å². The summed E-state index contributed by atoms with van der Waals surface area (Å²) in [7, 11) is 0. The molecule has 0 aliphatic carbocycles. The molecule has 1 aliphatic rings. The predicted octanol–water partition coefficient (Wildman–Crippen LogP) is 3.20. The summed E-state index contributed by atoms with van der Waals surface area (Å²) in [4.78, 5) is 4.71. The lowest BCUT2D eigenvalue weighted by Crippen LogP contribution is -2.48. The molecule has 0 amide bonds. The molecule has 25 heavy (non-hydrogen) atoms. The Hall–Kier alpha value is -1.46. The molecule has 0 radical (unpaired) electrons. The topological polar surface area (TPSA) is 26.7 Å². The summed E-state index contributed by atoms with van der Waals surface area (Å²) in [6.07, 6.45) is 0.133. The third-order valence-corrected chi connectivity index (χ3v) is 4.85. The maximum atomic E-state index is 12.9. The standard InChI is InChI=1S/C20H24ClFN2O/c21-18-3-1-2-17(12-18)14-23-8-10-24(11-9-23)15-20(25)13-16-4-6-19(22)7-5-16/h1-7,12,20,25H,8-11,13-15H2/t20-/m1/s1. The average molecular weight is 363 g/mol. The lowest BCUT2D eigenvalue weighted by molar-refractivity contribution is 0.0704. The second-order valence-electron chi connectivity index (χ2n) is 6.69. The van der Waals surface area contributed by atoms with E-state index in [4.69, 9.17) is 11.6 Å². The second kappa shape index (κ2) is 8.77. The van der Waals surface area contributed by atoms with Gasteiger partial charge in [-0.05, 0) is 41.8 Å². The van der Waals surface area contributed by atoms with Gasteiger partial charge in [0.25, 0.3) is 0 Å². The SMILES string of the molecule is O[C@H](Cc1ccc(F)cc1)CN1CCN(Cc2cccc(Cl)c2)CC1. The summed E-state index contributed by atoms with van der Waals surface area (Å²) in [5.74, 6) is -0.242. The minimum absolute atomic E-state index is 0.242. The molecule has 3 nitrogen and oxygen atoms in total. The highest BCUT2D eigenvalue weighted by Gasteiger charge is 2.19. The van der Waals surface area contributed by atoms with E-state index in [1.54, 1.807) is 12.1 Å². The van der Waals surface area contributed by atoms with Gasteiger partial charge in [0, 0.05) is 44.3 Å². The number of nitrogens with zero attached hydrogens (tertiary/aromatic N) is 2. The first-order valence-corrected chi connectivity index (χ1v) is 9.08. The summed E-state index contributed by atoms with van der Waals surface area (Å²) in [6, 6.07) is 14.4. The summed E-state index contributed by atoms with van der Waals surface area (Å²) >= 11 is 6.04. The Balaban J connectivity index is 1.42. The van der Waals surface area contributed by atoms with Crippen LogP contribution in [0.4, 0.5) is 4.39 Å². The van der Waals surface area contributed by atoms with Crippen molar-refractivity contribution in [3.8, 4) is 0 Å². The third kappa shape index (κ3) is 5.79. The highest BCUT2D eigenvalue weighted by molar-refractivity contribution is 6.30. The van der Waals surface area contributed by atoms with Crippen LogP contribution in [0.5, 0.6) is 0 Å². The van der Waals surface area contributed by atoms with Gasteiger partial charge in [-0.25, -0.2) is 4.39 Å². The fourth-order valence-corrected chi connectivity index (χ4v) is 3.49. The number of hydrogen-bond acceptors (Lipinski definition) is 3. The first-order valence-electron chi connectivity index (χ1n) is 8.70. The maximum absolute atomic E-state index is 12.9. The zero-order valence-electron chi connectivity index (χ0n) is 14.2. The molecule has 1 aliphatic heterocycles. The maximum Gasteiger partial charge on any atom is 0.123 e. The summed E-state index contributed by atoms with van der Waals surface area (Å²) in [5.41, 5.74) is 2.20. The lowest BCUT2D eigenvalue weighted by Gasteiger charge is -2.35. The van der Waals surface area contributed by atoms with E-state index in [0.717, 1.165) is 43.3 Å². The third-order valence-electron chi connectivity index (χ3n) is 4.61. The smallest absolute Gasteiger partial charge is 0.123 e. The van der Waals surface area contributed by atoms with E-state index in [9.17, 15) is 9.50 Å². The van der Waals surface area contributed by atoms with Gasteiger partial charge in [0.05, 0.1) is 6.10 Å². The monoisotopic (exact) mass is 362 g/mol. The van der Waals surface area contributed by atoms with E-state index in [-0.39, 0.29) is 5.82 Å². The van der Waals surface area contributed by atoms with Gasteiger partial charge in [-0.15, -0.1) is 0 Å². The summed E-state index contributed by atoms with van der Waals surface area (Å²) in [5, 5.41) is 11.1. The molecule has 0 bridgehead atoms. The Morgan fingerprint density at radius 1 is 0.960 bits per heavy atom. The molecular weight excluding hydrogens is 339 g/mol. The van der Waals surface area contributed by atoms with Crippen LogP contribution in [-0.2, 0) is 13.0 Å². The second-order valence-corrected chi connectivity index (χ2v) is 7.13. The molecule has 134 valence electrons. The molecule has 2 aromatic rings. The largest absolute Gasteiger partial charge is 0.391 e. The average Bonchev–Trinajstić information content (AvgIpc) is 2.59. The van der Waals surface area contributed by atoms with Crippen molar-refractivity contribution in [1.29, 1.82) is 0 Å². The molecule has 0 unspecified atom stereocenters. The van der Waals surface area contributed by atoms with Crippen LogP contribution in [0.1, 0.15) is 11.1 Å². The minimum Gasteiger partial charge on any atom is -0.391 e. The van der Waals surface area contributed by atoms with Gasteiger partial charge in [0.1, 0.15) is 5.82 Å². The van der Waals surface area contributed by atoms with Crippen LogP contribution in [0.25, 0.3) is 0 Å². The van der Waals surface area contributed by atoms with Gasteiger partial charge in [-0.2, -0.15) is 0 Å². The Kier molecular flexibility index (Phi) is 6.43. The number of halogens is 2. The Labute approximate surface area is 153 Å². The number of aliphatic hydroxyl groups is 1. The van der Waals surface area contributed by atoms with Crippen molar-refractivity contribution in [2.45, 2.75) is 19.1 Å². The number of benzene rings is 2. The van der Waals surface area contributed by atoms with Gasteiger partial charge >= 0.3 is 0 Å². The van der Waals surface area contributed by atoms with E-state index in [1.807, 2.05) is 18.2 Å². The highest BCUT2D eigenvalue weighted by atomic mass is 35.5. The molecule has 1 fully saturated rings. The normalized spacial score (nSPS) is 17.6. The van der Waals surface area contributed by atoms with Gasteiger partial charge in [0.15, 0.2) is 0 Å². The molecule has 3 rings (SSSR count). The van der Waals surface area contributed by atoms with Crippen LogP contribution in [0.15, 0.2) is 48.5 Å². The number of β-amino-alcohol motifs (C(OH)–C–C–N with tert-alkyl or cyclic N) is 1. The van der Waals surface area contributed by atoms with Crippen molar-refractivity contribution in [2.75, 3.05) is 32.7 Å². The van der Waals surface area contributed by atoms with E-state index in [1.165, 1.54) is 17.7 Å². The predicted molar refractivity (Wildman–Crippen MR) is 99.3 cm³/mol. The molecule has 0 spiro atoms. The van der Waals surface area contributed by atoms with Crippen molar-refractivity contribution < 1.29 is 9.50 Å². The zero-order valence-corrected chi connectivity index (χ0v) is 15.0. The molecule has 5 heteroatoms. The number of hydrogen-bond donors (Lipinski definition) is 1. The molecule has 0 saturated carbocycles. The highest BCUT2D eigenvalue weighted by Crippen LogP contribution is 2.14. The van der Waals surface area contributed by atoms with Crippen molar-refractivity contribution in [3.63, 3.8) is 0 Å². The summed E-state index contributed by atoms with van der Waals surface area (Å²) in [6.45, 7) is 5.42. The van der Waals surface area contributed by atoms with Gasteiger partial charge < -0.3 is 5.11 Å². The minimum atomic E-state index is -0.426.